The van der Waals surface area contributed by atoms with Crippen LogP contribution in [0.2, 0.25) is 0 Å². The fraction of sp³-hybridized carbons (Fsp3) is 0.667. The first-order valence-corrected chi connectivity index (χ1v) is 5.23. The van der Waals surface area contributed by atoms with Gasteiger partial charge in [-0.25, -0.2) is 4.79 Å². The van der Waals surface area contributed by atoms with Gasteiger partial charge >= 0.3 is 12.0 Å². The number of nitrogens with two attached hydrogens (primary N) is 1. The average molecular weight is 265 g/mol. The van der Waals surface area contributed by atoms with Crippen molar-refractivity contribution < 1.29 is 28.5 Å². The van der Waals surface area contributed by atoms with Crippen molar-refractivity contribution >= 4 is 6.03 Å². The predicted octanol–water partition coefficient (Wildman–Crippen LogP) is -1.47. The highest BCUT2D eigenvalue weighted by Gasteiger charge is 2.61. The molecular formula is C9H13F2N3O4. The fourth-order valence-electron chi connectivity index (χ4n) is 1.88. The quantitative estimate of drug-likeness (QED) is 0.487. The number of ether oxygens (including phenoxy) is 1. The third-order valence-electron chi connectivity index (χ3n) is 2.86. The Morgan fingerprint density at radius 3 is 2.83 bits per heavy atom. The number of aliphatic hydroxyl groups is 2. The van der Waals surface area contributed by atoms with Crippen LogP contribution in [-0.4, -0.2) is 58.7 Å². The van der Waals surface area contributed by atoms with Crippen LogP contribution in [0.4, 0.5) is 13.6 Å². The largest absolute Gasteiger partial charge is 0.394 e. The second kappa shape index (κ2) is 4.34. The third-order valence-corrected chi connectivity index (χ3v) is 2.86. The lowest BCUT2D eigenvalue weighted by Crippen LogP contribution is -2.56. The van der Waals surface area contributed by atoms with Crippen LogP contribution in [0.5, 0.6) is 0 Å². The zero-order valence-electron chi connectivity index (χ0n) is 9.22. The Labute approximate surface area is 101 Å². The van der Waals surface area contributed by atoms with E-state index in [9.17, 15) is 18.7 Å². The highest BCUT2D eigenvalue weighted by Crippen LogP contribution is 2.38. The lowest BCUT2D eigenvalue weighted by Gasteiger charge is -2.33. The smallest absolute Gasteiger partial charge is 0.325 e. The number of aliphatic hydroxyl groups excluding tert-OH is 2. The molecule has 7 nitrogen and oxygen atoms in total. The Morgan fingerprint density at radius 2 is 2.33 bits per heavy atom. The van der Waals surface area contributed by atoms with Crippen LogP contribution in [0.15, 0.2) is 11.9 Å². The van der Waals surface area contributed by atoms with Gasteiger partial charge in [0.15, 0.2) is 6.10 Å². The number of urea groups is 1. The van der Waals surface area contributed by atoms with E-state index in [-0.39, 0.29) is 12.4 Å². The lowest BCUT2D eigenvalue weighted by molar-refractivity contribution is -0.152. The molecule has 3 atom stereocenters. The second-order valence-corrected chi connectivity index (χ2v) is 4.07. The number of nitrogens with zero attached hydrogens (tertiary/aromatic N) is 1. The van der Waals surface area contributed by atoms with Gasteiger partial charge in [-0.15, -0.1) is 0 Å². The summed E-state index contributed by atoms with van der Waals surface area (Å²) in [6, 6.07) is -0.842. The highest BCUT2D eigenvalue weighted by molar-refractivity contribution is 5.77. The molecule has 1 saturated heterocycles. The molecule has 2 rings (SSSR count). The number of halogens is 2. The van der Waals surface area contributed by atoms with Crippen molar-refractivity contribution in [1.82, 2.24) is 10.2 Å². The van der Waals surface area contributed by atoms with Crippen LogP contribution in [-0.2, 0) is 4.74 Å². The number of amides is 2. The Bertz CT molecular complexity index is 390. The van der Waals surface area contributed by atoms with Crippen LogP contribution in [0.1, 0.15) is 0 Å². The summed E-state index contributed by atoms with van der Waals surface area (Å²) in [5.74, 6) is -3.60. The van der Waals surface area contributed by atoms with Crippen LogP contribution < -0.4 is 11.1 Å². The lowest BCUT2D eigenvalue weighted by atomic mass is 10.1. The molecule has 0 spiro atoms. The monoisotopic (exact) mass is 265 g/mol. The molecule has 0 saturated carbocycles. The molecule has 0 aromatic rings. The van der Waals surface area contributed by atoms with Gasteiger partial charge in [-0.1, -0.05) is 0 Å². The number of carbonyl (C=O) groups is 1. The van der Waals surface area contributed by atoms with E-state index in [1.54, 1.807) is 0 Å². The van der Waals surface area contributed by atoms with Crippen molar-refractivity contribution in [1.29, 1.82) is 0 Å². The molecule has 0 bridgehead atoms. The molecule has 0 aromatic carbocycles. The SMILES string of the molecule is NC1=CCN(C2OC(CO)C(O)C2(F)F)C(=O)N1. The van der Waals surface area contributed by atoms with Crippen LogP contribution in [0.25, 0.3) is 0 Å². The molecule has 2 amide bonds. The first-order chi connectivity index (χ1) is 8.37. The van der Waals surface area contributed by atoms with Gasteiger partial charge in [-0.3, -0.25) is 10.2 Å². The summed E-state index contributed by atoms with van der Waals surface area (Å²) in [4.78, 5) is 12.2. The number of nitrogens with one attached hydrogen (secondary N) is 1. The maximum absolute atomic E-state index is 13.7. The average Bonchev–Trinajstić information content (AvgIpc) is 2.52. The molecule has 102 valence electrons. The van der Waals surface area contributed by atoms with Gasteiger partial charge in [-0.2, -0.15) is 8.78 Å². The molecule has 0 aromatic heterocycles. The molecule has 0 radical (unpaired) electrons. The molecule has 1 fully saturated rings. The minimum absolute atomic E-state index is 0.0665. The van der Waals surface area contributed by atoms with Crippen LogP contribution >= 0.6 is 0 Å². The van der Waals surface area contributed by atoms with Crippen molar-refractivity contribution in [3.05, 3.63) is 11.9 Å². The number of carbonyl (C=O) groups excluding carboxylic acids is 1. The zero-order chi connectivity index (χ0) is 13.5. The molecule has 2 aliphatic heterocycles. The molecule has 5 N–H and O–H groups in total. The molecular weight excluding hydrogens is 252 g/mol. The first-order valence-electron chi connectivity index (χ1n) is 5.23. The maximum atomic E-state index is 13.7. The van der Waals surface area contributed by atoms with E-state index in [4.69, 9.17) is 15.6 Å². The van der Waals surface area contributed by atoms with Gasteiger partial charge in [0.1, 0.15) is 11.9 Å². The van der Waals surface area contributed by atoms with E-state index in [0.717, 1.165) is 0 Å². The zero-order valence-corrected chi connectivity index (χ0v) is 9.22. The highest BCUT2D eigenvalue weighted by atomic mass is 19.3. The normalized spacial score (nSPS) is 35.3. The van der Waals surface area contributed by atoms with Crippen molar-refractivity contribution in [2.45, 2.75) is 24.4 Å². The standard InChI is InChI=1S/C9H13F2N3O4/c10-9(11)6(16)4(3-15)18-7(9)14-2-1-5(12)13-8(14)17/h1,4,6-7,15-16H,2-3,12H2,(H,13,17). The van der Waals surface area contributed by atoms with E-state index in [0.29, 0.717) is 4.90 Å². The van der Waals surface area contributed by atoms with Gasteiger partial charge in [0, 0.05) is 6.54 Å². The van der Waals surface area contributed by atoms with Gasteiger partial charge in [0.05, 0.1) is 6.61 Å². The van der Waals surface area contributed by atoms with Crippen molar-refractivity contribution in [3.63, 3.8) is 0 Å². The van der Waals surface area contributed by atoms with Crippen molar-refractivity contribution in [3.8, 4) is 0 Å². The number of hydrogen-bond acceptors (Lipinski definition) is 5. The van der Waals surface area contributed by atoms with Crippen LogP contribution in [0, 0.1) is 0 Å². The summed E-state index contributed by atoms with van der Waals surface area (Å²) in [6.45, 7) is -0.927. The summed E-state index contributed by atoms with van der Waals surface area (Å²) in [5, 5.41) is 20.3. The molecule has 2 aliphatic rings. The minimum Gasteiger partial charge on any atom is -0.394 e. The van der Waals surface area contributed by atoms with E-state index >= 15 is 0 Å². The first kappa shape index (κ1) is 13.0. The summed E-state index contributed by atoms with van der Waals surface area (Å²) in [5.41, 5.74) is 5.32. The van der Waals surface area contributed by atoms with Gasteiger partial charge in [0.2, 0.25) is 6.23 Å². The van der Waals surface area contributed by atoms with Gasteiger partial charge in [-0.05, 0) is 6.08 Å². The Balaban J connectivity index is 2.21. The summed E-state index contributed by atoms with van der Waals surface area (Å²) < 4.78 is 32.3. The van der Waals surface area contributed by atoms with E-state index in [2.05, 4.69) is 5.32 Å². The van der Waals surface area contributed by atoms with E-state index in [1.165, 1.54) is 6.08 Å². The number of alkyl halides is 2. The summed E-state index contributed by atoms with van der Waals surface area (Å²) in [7, 11) is 0. The van der Waals surface area contributed by atoms with Gasteiger partial charge < -0.3 is 20.7 Å². The van der Waals surface area contributed by atoms with Crippen molar-refractivity contribution in [2.24, 2.45) is 5.73 Å². The molecule has 2 heterocycles. The van der Waals surface area contributed by atoms with Gasteiger partial charge in [0.25, 0.3) is 0 Å². The number of rotatable bonds is 2. The Hall–Kier alpha value is -1.45. The summed E-state index contributed by atoms with van der Waals surface area (Å²) in [6.07, 6.45) is -4.20. The maximum Gasteiger partial charge on any atom is 0.325 e. The second-order valence-electron chi connectivity index (χ2n) is 4.07. The Kier molecular flexibility index (Phi) is 3.13. The third kappa shape index (κ3) is 1.89. The molecule has 18 heavy (non-hydrogen) atoms. The minimum atomic E-state index is -3.66. The van der Waals surface area contributed by atoms with Crippen molar-refractivity contribution in [2.75, 3.05) is 13.2 Å². The molecule has 9 heteroatoms. The topological polar surface area (TPSA) is 108 Å². The molecule has 3 unspecified atom stereocenters. The Morgan fingerprint density at radius 1 is 1.67 bits per heavy atom. The summed E-state index contributed by atoms with van der Waals surface area (Å²) >= 11 is 0. The number of hydrogen-bond donors (Lipinski definition) is 4. The predicted molar refractivity (Wildman–Crippen MR) is 54.2 cm³/mol. The van der Waals surface area contributed by atoms with E-state index < -0.39 is 37.0 Å². The fourth-order valence-corrected chi connectivity index (χ4v) is 1.88. The molecule has 0 aliphatic carbocycles. The van der Waals surface area contributed by atoms with E-state index in [1.807, 2.05) is 0 Å². The van der Waals surface area contributed by atoms with Crippen LogP contribution in [0.3, 0.4) is 0 Å².